The number of ether oxygens (including phenoxy) is 1. The van der Waals surface area contributed by atoms with Gasteiger partial charge in [0.15, 0.2) is 0 Å². The minimum Gasteiger partial charge on any atom is -0.381 e. The van der Waals surface area contributed by atoms with Crippen LogP contribution in [0.4, 0.5) is 0 Å². The van der Waals surface area contributed by atoms with Crippen molar-refractivity contribution in [2.24, 2.45) is 5.92 Å². The lowest BCUT2D eigenvalue weighted by atomic mass is 9.98. The number of amides is 1. The molecular formula is C14H26N2O2. The quantitative estimate of drug-likeness (QED) is 0.834. The van der Waals surface area contributed by atoms with Crippen LogP contribution in [0.5, 0.6) is 0 Å². The topological polar surface area (TPSA) is 41.6 Å². The smallest absolute Gasteiger partial charge is 0.244 e. The van der Waals surface area contributed by atoms with Crippen molar-refractivity contribution in [1.29, 1.82) is 0 Å². The van der Waals surface area contributed by atoms with E-state index < -0.39 is 0 Å². The second-order valence-corrected chi connectivity index (χ2v) is 6.07. The fraction of sp³-hybridized carbons (Fsp3) is 0.929. The summed E-state index contributed by atoms with van der Waals surface area (Å²) in [6.07, 6.45) is 2.95. The molecule has 0 radical (unpaired) electrons. The summed E-state index contributed by atoms with van der Waals surface area (Å²) in [5.41, 5.74) is -0.382. The molecule has 2 fully saturated rings. The minimum absolute atomic E-state index is 0.172. The fourth-order valence-corrected chi connectivity index (χ4v) is 2.97. The normalized spacial score (nSPS) is 34.6. The van der Waals surface area contributed by atoms with Crippen LogP contribution in [-0.2, 0) is 9.53 Å². The molecule has 2 unspecified atom stereocenters. The van der Waals surface area contributed by atoms with Crippen LogP contribution in [-0.4, -0.2) is 41.8 Å². The molecule has 18 heavy (non-hydrogen) atoms. The van der Waals surface area contributed by atoms with E-state index in [1.165, 1.54) is 0 Å². The molecule has 0 saturated carbocycles. The molecule has 4 nitrogen and oxygen atoms in total. The Balaban J connectivity index is 2.21. The van der Waals surface area contributed by atoms with Gasteiger partial charge in [-0.1, -0.05) is 20.8 Å². The van der Waals surface area contributed by atoms with Crippen LogP contribution in [0.3, 0.4) is 0 Å². The van der Waals surface area contributed by atoms with Crippen LogP contribution in [0.25, 0.3) is 0 Å². The molecule has 0 aromatic carbocycles. The van der Waals surface area contributed by atoms with Crippen LogP contribution < -0.4 is 5.32 Å². The lowest BCUT2D eigenvalue weighted by Crippen LogP contribution is -2.49. The van der Waals surface area contributed by atoms with Gasteiger partial charge in [0.05, 0.1) is 11.7 Å². The Morgan fingerprint density at radius 2 is 2.06 bits per heavy atom. The first-order chi connectivity index (χ1) is 8.49. The van der Waals surface area contributed by atoms with E-state index in [1.807, 2.05) is 6.92 Å². The van der Waals surface area contributed by atoms with Gasteiger partial charge in [0.25, 0.3) is 0 Å². The molecule has 2 atom stereocenters. The van der Waals surface area contributed by atoms with E-state index in [0.717, 1.165) is 32.5 Å². The van der Waals surface area contributed by atoms with Gasteiger partial charge in [0, 0.05) is 19.3 Å². The zero-order valence-electron chi connectivity index (χ0n) is 12.0. The molecule has 2 rings (SSSR count). The third-order valence-corrected chi connectivity index (χ3v) is 4.40. The number of hydrogen-bond donors (Lipinski definition) is 1. The van der Waals surface area contributed by atoms with Crippen LogP contribution in [0.2, 0.25) is 0 Å². The predicted octanol–water partition coefficient (Wildman–Crippen LogP) is 1.75. The predicted molar refractivity (Wildman–Crippen MR) is 71.1 cm³/mol. The van der Waals surface area contributed by atoms with Crippen molar-refractivity contribution >= 4 is 5.91 Å². The number of hydrogen-bond acceptors (Lipinski definition) is 3. The molecule has 1 N–H and O–H groups in total. The van der Waals surface area contributed by atoms with Gasteiger partial charge in [-0.05, 0) is 32.1 Å². The van der Waals surface area contributed by atoms with Gasteiger partial charge in [-0.15, -0.1) is 0 Å². The summed E-state index contributed by atoms with van der Waals surface area (Å²) < 4.78 is 5.41. The molecule has 2 heterocycles. The van der Waals surface area contributed by atoms with E-state index in [1.54, 1.807) is 0 Å². The van der Waals surface area contributed by atoms with Crippen LogP contribution in [0, 0.1) is 5.92 Å². The minimum atomic E-state index is -0.382. The van der Waals surface area contributed by atoms with Gasteiger partial charge < -0.3 is 9.64 Å². The molecule has 0 aliphatic carbocycles. The Morgan fingerprint density at radius 1 is 1.44 bits per heavy atom. The summed E-state index contributed by atoms with van der Waals surface area (Å²) in [6.45, 7) is 10.0. The largest absolute Gasteiger partial charge is 0.381 e. The summed E-state index contributed by atoms with van der Waals surface area (Å²) >= 11 is 0. The van der Waals surface area contributed by atoms with Crippen molar-refractivity contribution < 1.29 is 9.53 Å². The average Bonchev–Trinajstić information content (AvgIpc) is 2.64. The molecule has 4 heteroatoms. The van der Waals surface area contributed by atoms with Crippen molar-refractivity contribution in [3.05, 3.63) is 0 Å². The van der Waals surface area contributed by atoms with Gasteiger partial charge >= 0.3 is 0 Å². The summed E-state index contributed by atoms with van der Waals surface area (Å²) in [5.74, 6) is 0.709. The van der Waals surface area contributed by atoms with Crippen LogP contribution in [0.15, 0.2) is 0 Å². The summed E-state index contributed by atoms with van der Waals surface area (Å²) in [4.78, 5) is 14.8. The Bertz CT molecular complexity index is 313. The first-order valence-corrected chi connectivity index (χ1v) is 7.18. The van der Waals surface area contributed by atoms with Crippen molar-refractivity contribution in [2.75, 3.05) is 13.2 Å². The highest BCUT2D eigenvalue weighted by molar-refractivity contribution is 5.88. The van der Waals surface area contributed by atoms with E-state index in [0.29, 0.717) is 12.0 Å². The fourth-order valence-electron chi connectivity index (χ4n) is 2.97. The Morgan fingerprint density at radius 3 is 2.56 bits per heavy atom. The molecule has 104 valence electrons. The second-order valence-electron chi connectivity index (χ2n) is 6.07. The standard InChI is InChI=1S/C14H26N2O2/c1-5-14(4)13(17)16(12(15-14)10(2)3)11-6-8-18-9-7-11/h10-12,15H,5-9H2,1-4H3. The molecule has 0 aromatic heterocycles. The highest BCUT2D eigenvalue weighted by Crippen LogP contribution is 2.31. The van der Waals surface area contributed by atoms with Crippen molar-refractivity contribution in [3.8, 4) is 0 Å². The van der Waals surface area contributed by atoms with Crippen molar-refractivity contribution in [1.82, 2.24) is 10.2 Å². The Hall–Kier alpha value is -0.610. The van der Waals surface area contributed by atoms with Gasteiger partial charge in [-0.25, -0.2) is 0 Å². The molecule has 0 spiro atoms. The van der Waals surface area contributed by atoms with E-state index in [9.17, 15) is 4.79 Å². The molecule has 1 amide bonds. The van der Waals surface area contributed by atoms with E-state index >= 15 is 0 Å². The molecular weight excluding hydrogens is 228 g/mol. The zero-order chi connectivity index (χ0) is 13.3. The maximum Gasteiger partial charge on any atom is 0.244 e. The lowest BCUT2D eigenvalue weighted by Gasteiger charge is -2.36. The van der Waals surface area contributed by atoms with Gasteiger partial charge in [-0.2, -0.15) is 0 Å². The summed E-state index contributed by atoms with van der Waals surface area (Å²) in [6, 6.07) is 0.347. The first kappa shape index (κ1) is 13.8. The summed E-state index contributed by atoms with van der Waals surface area (Å²) in [5, 5.41) is 3.55. The van der Waals surface area contributed by atoms with E-state index in [2.05, 4.69) is 31.0 Å². The number of nitrogens with one attached hydrogen (secondary N) is 1. The zero-order valence-corrected chi connectivity index (χ0v) is 12.0. The molecule has 0 aromatic rings. The number of rotatable bonds is 3. The second kappa shape index (κ2) is 5.17. The molecule has 2 aliphatic heterocycles. The maximum atomic E-state index is 12.7. The van der Waals surface area contributed by atoms with Gasteiger partial charge in [-0.3, -0.25) is 10.1 Å². The van der Waals surface area contributed by atoms with E-state index in [-0.39, 0.29) is 17.6 Å². The van der Waals surface area contributed by atoms with Crippen molar-refractivity contribution in [2.45, 2.75) is 64.7 Å². The molecule has 2 aliphatic rings. The maximum absolute atomic E-state index is 12.7. The third kappa shape index (κ3) is 2.28. The third-order valence-electron chi connectivity index (χ3n) is 4.40. The SMILES string of the molecule is CCC1(C)NC(C(C)C)N(C2CCOCC2)C1=O. The van der Waals surface area contributed by atoms with E-state index in [4.69, 9.17) is 4.74 Å². The number of carbonyl (C=O) groups excluding carboxylic acids is 1. The Kier molecular flexibility index (Phi) is 3.97. The van der Waals surface area contributed by atoms with Crippen molar-refractivity contribution in [3.63, 3.8) is 0 Å². The average molecular weight is 254 g/mol. The van der Waals surface area contributed by atoms with Gasteiger partial charge in [0.2, 0.25) is 5.91 Å². The van der Waals surface area contributed by atoms with Gasteiger partial charge in [0.1, 0.15) is 0 Å². The first-order valence-electron chi connectivity index (χ1n) is 7.18. The number of carbonyl (C=O) groups is 1. The summed E-state index contributed by atoms with van der Waals surface area (Å²) in [7, 11) is 0. The monoisotopic (exact) mass is 254 g/mol. The molecule has 0 bridgehead atoms. The highest BCUT2D eigenvalue weighted by Gasteiger charge is 2.49. The van der Waals surface area contributed by atoms with Crippen LogP contribution >= 0.6 is 0 Å². The molecule has 2 saturated heterocycles. The van der Waals surface area contributed by atoms with Crippen LogP contribution in [0.1, 0.15) is 47.0 Å². The lowest BCUT2D eigenvalue weighted by molar-refractivity contribution is -0.137. The Labute approximate surface area is 110 Å². The number of nitrogens with zero attached hydrogens (tertiary/aromatic N) is 1. The highest BCUT2D eigenvalue weighted by atomic mass is 16.5.